The molecule has 33 heavy (non-hydrogen) atoms. The lowest BCUT2D eigenvalue weighted by Gasteiger charge is -2.29. The number of ether oxygens (including phenoxy) is 1. The van der Waals surface area contributed by atoms with Gasteiger partial charge in [0.1, 0.15) is 11.6 Å². The molecule has 2 aliphatic heterocycles. The number of hydrogen-bond donors (Lipinski definition) is 2. The summed E-state index contributed by atoms with van der Waals surface area (Å²) < 4.78 is 5.20. The quantitative estimate of drug-likeness (QED) is 0.392. The fourth-order valence-corrected chi connectivity index (χ4v) is 3.88. The SMILES string of the molecule is CC(C)(C)OC(=O)NCCCCCC#Cc1cccc2c1CN(C1CCC(=O)NC1=O)C2=O. The van der Waals surface area contributed by atoms with Gasteiger partial charge in [-0.1, -0.05) is 24.3 Å². The minimum absolute atomic E-state index is 0.194. The van der Waals surface area contributed by atoms with Crippen LogP contribution < -0.4 is 10.6 Å². The molecule has 4 amide bonds. The summed E-state index contributed by atoms with van der Waals surface area (Å²) in [6.07, 6.45) is 3.56. The normalized spacial score (nSPS) is 17.7. The molecule has 0 saturated carbocycles. The molecule has 8 nitrogen and oxygen atoms in total. The fraction of sp³-hybridized carbons (Fsp3) is 0.520. The number of nitrogens with zero attached hydrogens (tertiary/aromatic N) is 1. The second kappa shape index (κ2) is 10.5. The van der Waals surface area contributed by atoms with Gasteiger partial charge in [0.25, 0.3) is 5.91 Å². The first-order valence-corrected chi connectivity index (χ1v) is 11.4. The summed E-state index contributed by atoms with van der Waals surface area (Å²) in [6.45, 7) is 6.37. The molecule has 2 heterocycles. The summed E-state index contributed by atoms with van der Waals surface area (Å²) in [5, 5.41) is 5.06. The Morgan fingerprint density at radius 2 is 2.00 bits per heavy atom. The van der Waals surface area contributed by atoms with Gasteiger partial charge in [-0.2, -0.15) is 0 Å². The first kappa shape index (κ1) is 24.3. The third kappa shape index (κ3) is 6.58. The van der Waals surface area contributed by atoms with Crippen LogP contribution in [0.5, 0.6) is 0 Å². The number of unbranched alkanes of at least 4 members (excludes halogenated alkanes) is 3. The highest BCUT2D eigenvalue weighted by Crippen LogP contribution is 2.29. The number of imide groups is 1. The Morgan fingerprint density at radius 3 is 2.73 bits per heavy atom. The van der Waals surface area contributed by atoms with Crippen LogP contribution in [0.4, 0.5) is 4.79 Å². The highest BCUT2D eigenvalue weighted by molar-refractivity contribution is 6.05. The molecule has 1 atom stereocenters. The standard InChI is InChI=1S/C25H31N3O5/c1-25(2,3)33-24(32)26-15-8-6-4-5-7-10-17-11-9-12-18-19(17)16-28(23(18)31)20-13-14-21(29)27-22(20)30/h9,11-12,20H,4-6,8,13-16H2,1-3H3,(H,26,32)(H,27,29,30). The summed E-state index contributed by atoms with van der Waals surface area (Å²) in [5.74, 6) is 5.43. The van der Waals surface area contributed by atoms with E-state index in [1.54, 1.807) is 12.1 Å². The molecule has 0 spiro atoms. The third-order valence-electron chi connectivity index (χ3n) is 5.45. The molecule has 3 rings (SSSR count). The van der Waals surface area contributed by atoms with E-state index < -0.39 is 23.6 Å². The first-order valence-electron chi connectivity index (χ1n) is 11.4. The lowest BCUT2D eigenvalue weighted by atomic mass is 10.0. The zero-order chi connectivity index (χ0) is 24.0. The number of hydrogen-bond acceptors (Lipinski definition) is 5. The number of carbonyl (C=O) groups excluding carboxylic acids is 4. The summed E-state index contributed by atoms with van der Waals surface area (Å²) in [4.78, 5) is 49.6. The van der Waals surface area contributed by atoms with E-state index in [0.29, 0.717) is 31.5 Å². The summed E-state index contributed by atoms with van der Waals surface area (Å²) in [7, 11) is 0. The molecule has 0 aliphatic carbocycles. The number of rotatable bonds is 6. The molecule has 1 aromatic rings. The van der Waals surface area contributed by atoms with Gasteiger partial charge in [-0.3, -0.25) is 19.7 Å². The molecule has 1 saturated heterocycles. The first-order chi connectivity index (χ1) is 15.7. The van der Waals surface area contributed by atoms with Gasteiger partial charge in [-0.15, -0.1) is 0 Å². The fourth-order valence-electron chi connectivity index (χ4n) is 3.88. The van der Waals surface area contributed by atoms with Crippen LogP contribution in [0.15, 0.2) is 18.2 Å². The van der Waals surface area contributed by atoms with Gasteiger partial charge in [0.2, 0.25) is 11.8 Å². The molecular weight excluding hydrogens is 422 g/mol. The van der Waals surface area contributed by atoms with E-state index in [4.69, 9.17) is 4.74 Å². The minimum Gasteiger partial charge on any atom is -0.444 e. The third-order valence-corrected chi connectivity index (χ3v) is 5.45. The van der Waals surface area contributed by atoms with Crippen LogP contribution in [0.3, 0.4) is 0 Å². The van der Waals surface area contributed by atoms with Crippen LogP contribution in [0.1, 0.15) is 80.8 Å². The van der Waals surface area contributed by atoms with Crippen LogP contribution in [-0.4, -0.2) is 46.9 Å². The molecule has 176 valence electrons. The number of piperidine rings is 1. The molecule has 1 fully saturated rings. The van der Waals surface area contributed by atoms with Gasteiger partial charge in [0.05, 0.1) is 0 Å². The Balaban J connectivity index is 1.47. The molecule has 1 aromatic carbocycles. The predicted molar refractivity (Wildman–Crippen MR) is 122 cm³/mol. The van der Waals surface area contributed by atoms with Crippen molar-refractivity contribution in [2.75, 3.05) is 6.54 Å². The Bertz CT molecular complexity index is 1000. The van der Waals surface area contributed by atoms with Crippen LogP contribution >= 0.6 is 0 Å². The van der Waals surface area contributed by atoms with Gasteiger partial charge in [-0.25, -0.2) is 4.79 Å². The molecule has 1 unspecified atom stereocenters. The zero-order valence-corrected chi connectivity index (χ0v) is 19.5. The number of nitrogens with one attached hydrogen (secondary N) is 2. The molecular formula is C25H31N3O5. The van der Waals surface area contributed by atoms with Gasteiger partial charge in [0, 0.05) is 37.1 Å². The van der Waals surface area contributed by atoms with Gasteiger partial charge in [-0.05, 0) is 57.7 Å². The van der Waals surface area contributed by atoms with Crippen molar-refractivity contribution in [3.8, 4) is 11.8 Å². The summed E-state index contributed by atoms with van der Waals surface area (Å²) in [6, 6.07) is 4.82. The number of carbonyl (C=O) groups is 4. The van der Waals surface area contributed by atoms with Crippen molar-refractivity contribution < 1.29 is 23.9 Å². The average molecular weight is 454 g/mol. The molecule has 2 aliphatic rings. The average Bonchev–Trinajstić information content (AvgIpc) is 3.06. The Kier molecular flexibility index (Phi) is 7.75. The maximum Gasteiger partial charge on any atom is 0.407 e. The van der Waals surface area contributed by atoms with Crippen molar-refractivity contribution in [3.63, 3.8) is 0 Å². The Labute approximate surface area is 194 Å². The maximum absolute atomic E-state index is 12.9. The highest BCUT2D eigenvalue weighted by Gasteiger charge is 2.39. The van der Waals surface area contributed by atoms with Crippen LogP contribution in [-0.2, 0) is 20.9 Å². The number of amides is 4. The van der Waals surface area contributed by atoms with Crippen molar-refractivity contribution >= 4 is 23.8 Å². The molecule has 0 radical (unpaired) electrons. The largest absolute Gasteiger partial charge is 0.444 e. The Hall–Kier alpha value is -3.34. The predicted octanol–water partition coefficient (Wildman–Crippen LogP) is 2.88. The molecule has 0 bridgehead atoms. The van der Waals surface area contributed by atoms with Crippen molar-refractivity contribution in [3.05, 3.63) is 34.9 Å². The second-order valence-electron chi connectivity index (χ2n) is 9.27. The smallest absolute Gasteiger partial charge is 0.407 e. The maximum atomic E-state index is 12.9. The highest BCUT2D eigenvalue weighted by atomic mass is 16.6. The monoisotopic (exact) mass is 453 g/mol. The van der Waals surface area contributed by atoms with E-state index >= 15 is 0 Å². The van der Waals surface area contributed by atoms with Crippen molar-refractivity contribution in [1.29, 1.82) is 0 Å². The topological polar surface area (TPSA) is 105 Å². The molecule has 0 aromatic heterocycles. The van der Waals surface area contributed by atoms with E-state index in [0.717, 1.165) is 30.4 Å². The van der Waals surface area contributed by atoms with Gasteiger partial charge >= 0.3 is 6.09 Å². The number of fused-ring (bicyclic) bond motifs is 1. The lowest BCUT2D eigenvalue weighted by Crippen LogP contribution is -2.52. The van der Waals surface area contributed by atoms with Gasteiger partial charge < -0.3 is 15.0 Å². The van der Waals surface area contributed by atoms with Crippen LogP contribution in [0, 0.1) is 11.8 Å². The van der Waals surface area contributed by atoms with E-state index in [2.05, 4.69) is 22.5 Å². The van der Waals surface area contributed by atoms with Crippen LogP contribution in [0.2, 0.25) is 0 Å². The summed E-state index contributed by atoms with van der Waals surface area (Å²) in [5.41, 5.74) is 1.70. The second-order valence-corrected chi connectivity index (χ2v) is 9.27. The van der Waals surface area contributed by atoms with Crippen molar-refractivity contribution in [2.45, 2.75) is 77.5 Å². The minimum atomic E-state index is -0.627. The van der Waals surface area contributed by atoms with Crippen molar-refractivity contribution in [1.82, 2.24) is 15.5 Å². The lowest BCUT2D eigenvalue weighted by molar-refractivity contribution is -0.136. The number of benzene rings is 1. The Morgan fingerprint density at radius 1 is 1.21 bits per heavy atom. The zero-order valence-electron chi connectivity index (χ0n) is 19.5. The molecule has 8 heteroatoms. The molecule has 2 N–H and O–H groups in total. The van der Waals surface area contributed by atoms with E-state index in [1.165, 1.54) is 4.90 Å². The van der Waals surface area contributed by atoms with Crippen LogP contribution in [0.25, 0.3) is 0 Å². The van der Waals surface area contributed by atoms with Crippen molar-refractivity contribution in [2.24, 2.45) is 0 Å². The summed E-state index contributed by atoms with van der Waals surface area (Å²) >= 11 is 0. The van der Waals surface area contributed by atoms with E-state index in [-0.39, 0.29) is 18.2 Å². The van der Waals surface area contributed by atoms with Gasteiger partial charge in [0.15, 0.2) is 0 Å². The van der Waals surface area contributed by atoms with E-state index in [1.807, 2.05) is 26.8 Å². The van der Waals surface area contributed by atoms with E-state index in [9.17, 15) is 19.2 Å². The number of alkyl carbamates (subject to hydrolysis) is 1.